The summed E-state index contributed by atoms with van der Waals surface area (Å²) in [5, 5.41) is 14.2. The van der Waals surface area contributed by atoms with Gasteiger partial charge in [-0.3, -0.25) is 4.79 Å². The third-order valence-electron chi connectivity index (χ3n) is 8.52. The van der Waals surface area contributed by atoms with Crippen LogP contribution in [0.15, 0.2) is 18.2 Å². The normalized spacial score (nSPS) is 17.6. The minimum absolute atomic E-state index is 0.0320. The molecule has 0 radical (unpaired) electrons. The highest BCUT2D eigenvalue weighted by atomic mass is 16.5. The van der Waals surface area contributed by atoms with Crippen LogP contribution in [0.5, 0.6) is 11.5 Å². The van der Waals surface area contributed by atoms with Crippen molar-refractivity contribution in [3.05, 3.63) is 23.8 Å². The molecule has 234 valence electrons. The molecule has 0 aliphatic heterocycles. The van der Waals surface area contributed by atoms with Crippen LogP contribution >= 0.6 is 0 Å². The first kappa shape index (κ1) is 34.8. The van der Waals surface area contributed by atoms with Crippen LogP contribution in [0.4, 0.5) is 0 Å². The van der Waals surface area contributed by atoms with Gasteiger partial charge in [0.15, 0.2) is 11.5 Å². The van der Waals surface area contributed by atoms with E-state index in [9.17, 15) is 14.7 Å². The van der Waals surface area contributed by atoms with Crippen LogP contribution in [-0.2, 0) is 25.5 Å². The third kappa shape index (κ3) is 10.1. The number of carbonyl (C=O) groups excluding carboxylic acids is 2. The van der Waals surface area contributed by atoms with Gasteiger partial charge >= 0.3 is 5.97 Å². The van der Waals surface area contributed by atoms with Crippen molar-refractivity contribution in [1.29, 1.82) is 0 Å². The molecule has 1 amide bonds. The summed E-state index contributed by atoms with van der Waals surface area (Å²) in [6, 6.07) is 5.48. The molecule has 1 fully saturated rings. The van der Waals surface area contributed by atoms with E-state index in [1.54, 1.807) is 14.2 Å². The van der Waals surface area contributed by atoms with Crippen molar-refractivity contribution in [2.24, 2.45) is 29.4 Å². The van der Waals surface area contributed by atoms with E-state index in [1.165, 1.54) is 7.11 Å². The summed E-state index contributed by atoms with van der Waals surface area (Å²) in [4.78, 5) is 25.9. The maximum absolute atomic E-state index is 13.4. The predicted molar refractivity (Wildman–Crippen MR) is 160 cm³/mol. The summed E-state index contributed by atoms with van der Waals surface area (Å²) in [5.74, 6) is 0.787. The highest BCUT2D eigenvalue weighted by Crippen LogP contribution is 2.33. The lowest BCUT2D eigenvalue weighted by molar-refractivity contribution is -0.151. The van der Waals surface area contributed by atoms with Crippen LogP contribution in [0.3, 0.4) is 0 Å². The number of hydrogen-bond acceptors (Lipinski definition) is 8. The summed E-state index contributed by atoms with van der Waals surface area (Å²) >= 11 is 0. The van der Waals surface area contributed by atoms with Crippen molar-refractivity contribution in [3.8, 4) is 11.5 Å². The van der Waals surface area contributed by atoms with Gasteiger partial charge in [-0.2, -0.15) is 0 Å². The van der Waals surface area contributed by atoms with Gasteiger partial charge in [0.05, 0.1) is 26.9 Å². The zero-order chi connectivity index (χ0) is 30.6. The Morgan fingerprint density at radius 1 is 1.00 bits per heavy atom. The van der Waals surface area contributed by atoms with E-state index in [0.717, 1.165) is 31.2 Å². The molecule has 0 unspecified atom stereocenters. The van der Waals surface area contributed by atoms with Gasteiger partial charge < -0.3 is 35.1 Å². The average molecular weight is 579 g/mol. The SMILES string of the molecule is COCCCOc1cc(C[C@@H](C[C@H](N)[C@@H](O)C[C@H](C(=O)NC2(C(=O)OC)CCCC2)C(C)C)C(C)C)ccc1OC. The second-order valence-electron chi connectivity index (χ2n) is 12.2. The van der Waals surface area contributed by atoms with Gasteiger partial charge in [0, 0.05) is 32.1 Å². The summed E-state index contributed by atoms with van der Waals surface area (Å²) in [6.45, 7) is 9.39. The van der Waals surface area contributed by atoms with Gasteiger partial charge in [0.2, 0.25) is 5.91 Å². The van der Waals surface area contributed by atoms with Crippen LogP contribution in [0.1, 0.15) is 78.2 Å². The monoisotopic (exact) mass is 578 g/mol. The fourth-order valence-corrected chi connectivity index (χ4v) is 5.75. The summed E-state index contributed by atoms with van der Waals surface area (Å²) < 4.78 is 21.6. The van der Waals surface area contributed by atoms with E-state index in [1.807, 2.05) is 32.0 Å². The molecule has 9 heteroatoms. The lowest BCUT2D eigenvalue weighted by Crippen LogP contribution is -2.55. The molecule has 1 aromatic carbocycles. The number of rotatable bonds is 18. The molecule has 41 heavy (non-hydrogen) atoms. The third-order valence-corrected chi connectivity index (χ3v) is 8.52. The largest absolute Gasteiger partial charge is 0.493 e. The van der Waals surface area contributed by atoms with E-state index < -0.39 is 29.6 Å². The molecule has 1 aromatic rings. The van der Waals surface area contributed by atoms with Crippen LogP contribution in [-0.4, -0.2) is 69.2 Å². The highest BCUT2D eigenvalue weighted by Gasteiger charge is 2.45. The first-order valence-electron chi connectivity index (χ1n) is 15.1. The summed E-state index contributed by atoms with van der Waals surface area (Å²) in [6.07, 6.45) is 4.39. The van der Waals surface area contributed by atoms with Crippen LogP contribution in [0, 0.1) is 23.7 Å². The van der Waals surface area contributed by atoms with Gasteiger partial charge in [-0.05, 0) is 67.6 Å². The van der Waals surface area contributed by atoms with E-state index in [-0.39, 0.29) is 24.2 Å². The Balaban J connectivity index is 2.07. The molecule has 0 aromatic heterocycles. The van der Waals surface area contributed by atoms with Crippen molar-refractivity contribution < 1.29 is 33.6 Å². The fraction of sp³-hybridized carbons (Fsp3) is 0.750. The zero-order valence-corrected chi connectivity index (χ0v) is 26.2. The molecular formula is C32H54N2O7. The minimum atomic E-state index is -0.973. The number of methoxy groups -OCH3 is 3. The number of benzene rings is 1. The Bertz CT molecular complexity index is 946. The number of nitrogens with two attached hydrogens (primary N) is 1. The predicted octanol–water partition coefficient (Wildman–Crippen LogP) is 4.27. The number of esters is 1. The number of aliphatic hydroxyl groups excluding tert-OH is 1. The number of nitrogens with one attached hydrogen (secondary N) is 1. The second-order valence-corrected chi connectivity index (χ2v) is 12.2. The summed E-state index contributed by atoms with van der Waals surface area (Å²) in [5.41, 5.74) is 6.71. The Kier molecular flexibility index (Phi) is 14.4. The van der Waals surface area contributed by atoms with E-state index in [0.29, 0.717) is 49.9 Å². The maximum atomic E-state index is 13.4. The summed E-state index contributed by atoms with van der Waals surface area (Å²) in [7, 11) is 4.65. The lowest BCUT2D eigenvalue weighted by Gasteiger charge is -2.33. The Morgan fingerprint density at radius 2 is 1.68 bits per heavy atom. The number of carbonyl (C=O) groups is 2. The molecule has 1 saturated carbocycles. The van der Waals surface area contributed by atoms with Crippen LogP contribution in [0.25, 0.3) is 0 Å². The van der Waals surface area contributed by atoms with Crippen molar-refractivity contribution >= 4 is 11.9 Å². The Hall–Kier alpha value is -2.36. The molecular weight excluding hydrogens is 524 g/mol. The molecule has 9 nitrogen and oxygen atoms in total. The smallest absolute Gasteiger partial charge is 0.331 e. The van der Waals surface area contributed by atoms with Gasteiger partial charge in [-0.25, -0.2) is 4.79 Å². The Morgan fingerprint density at radius 3 is 2.24 bits per heavy atom. The molecule has 0 saturated heterocycles. The van der Waals surface area contributed by atoms with Gasteiger partial charge in [0.25, 0.3) is 0 Å². The van der Waals surface area contributed by atoms with Crippen LogP contribution in [0.2, 0.25) is 0 Å². The quantitative estimate of drug-likeness (QED) is 0.174. The maximum Gasteiger partial charge on any atom is 0.331 e. The number of amides is 1. The first-order valence-corrected chi connectivity index (χ1v) is 15.1. The van der Waals surface area contributed by atoms with Crippen molar-refractivity contribution in [2.75, 3.05) is 34.5 Å². The number of ether oxygens (including phenoxy) is 4. The minimum Gasteiger partial charge on any atom is -0.493 e. The molecule has 4 atom stereocenters. The molecule has 4 N–H and O–H groups in total. The van der Waals surface area contributed by atoms with Crippen LogP contribution < -0.4 is 20.5 Å². The molecule has 0 spiro atoms. The zero-order valence-electron chi connectivity index (χ0n) is 26.2. The van der Waals surface area contributed by atoms with E-state index in [2.05, 4.69) is 19.2 Å². The Labute approximate surface area is 246 Å². The molecule has 2 rings (SSSR count). The van der Waals surface area contributed by atoms with E-state index in [4.69, 9.17) is 24.7 Å². The van der Waals surface area contributed by atoms with Gasteiger partial charge in [-0.1, -0.05) is 46.6 Å². The number of hydrogen-bond donors (Lipinski definition) is 3. The van der Waals surface area contributed by atoms with Crippen molar-refractivity contribution in [1.82, 2.24) is 5.32 Å². The molecule has 1 aliphatic rings. The molecule has 1 aliphatic carbocycles. The van der Waals surface area contributed by atoms with Gasteiger partial charge in [-0.15, -0.1) is 0 Å². The fourth-order valence-electron chi connectivity index (χ4n) is 5.75. The van der Waals surface area contributed by atoms with Crippen molar-refractivity contribution in [2.45, 2.75) is 96.7 Å². The lowest BCUT2D eigenvalue weighted by atomic mass is 9.80. The molecule has 0 heterocycles. The second kappa shape index (κ2) is 16.9. The number of aliphatic hydroxyl groups is 1. The highest BCUT2D eigenvalue weighted by molar-refractivity contribution is 5.89. The molecule has 0 bridgehead atoms. The van der Waals surface area contributed by atoms with E-state index >= 15 is 0 Å². The first-order chi connectivity index (χ1) is 19.5. The van der Waals surface area contributed by atoms with Crippen molar-refractivity contribution in [3.63, 3.8) is 0 Å². The standard InChI is InChI=1S/C32H54N2O7/c1-21(2)24(17-23-11-12-28(39-6)29(18-23)41-16-10-15-38-5)19-26(33)27(35)20-25(22(3)4)30(36)34-32(31(37)40-7)13-8-9-14-32/h11-12,18,21-22,24-27,35H,8-10,13-17,19-20,33H2,1-7H3,(H,34,36)/t24-,25-,26-,27-/m0/s1. The topological polar surface area (TPSA) is 129 Å². The average Bonchev–Trinajstić information content (AvgIpc) is 3.42. The van der Waals surface area contributed by atoms with Gasteiger partial charge in [0.1, 0.15) is 5.54 Å².